The highest BCUT2D eigenvalue weighted by molar-refractivity contribution is 8.03. The Hall–Kier alpha value is -3.70. The number of nitrogens with zero attached hydrogens (tertiary/aromatic N) is 1. The summed E-state index contributed by atoms with van der Waals surface area (Å²) >= 11 is 1.17. The number of nitrogens with one attached hydrogen (secondary N) is 2. The Morgan fingerprint density at radius 1 is 1.15 bits per heavy atom. The minimum absolute atomic E-state index is 0.0405. The molecule has 170 valence electrons. The quantitative estimate of drug-likeness (QED) is 0.562. The van der Waals surface area contributed by atoms with Crippen molar-refractivity contribution in [2.45, 2.75) is 19.8 Å². The summed E-state index contributed by atoms with van der Waals surface area (Å²) in [7, 11) is 1.32. The monoisotopic (exact) mass is 463 g/mol. The van der Waals surface area contributed by atoms with Crippen molar-refractivity contribution in [3.8, 4) is 11.8 Å². The van der Waals surface area contributed by atoms with Gasteiger partial charge >= 0.3 is 5.97 Å². The van der Waals surface area contributed by atoms with Crippen LogP contribution in [0.4, 0.5) is 5.69 Å². The fourth-order valence-electron chi connectivity index (χ4n) is 3.49. The summed E-state index contributed by atoms with van der Waals surface area (Å²) in [4.78, 5) is 25.1. The predicted molar refractivity (Wildman–Crippen MR) is 128 cm³/mol. The Bertz CT molecular complexity index is 1120. The molecule has 0 unspecified atom stereocenters. The average molecular weight is 464 g/mol. The first-order valence-electron chi connectivity index (χ1n) is 10.4. The van der Waals surface area contributed by atoms with Gasteiger partial charge in [-0.1, -0.05) is 42.1 Å². The van der Waals surface area contributed by atoms with E-state index < -0.39 is 11.9 Å². The maximum atomic E-state index is 13.4. The molecule has 1 aliphatic heterocycles. The van der Waals surface area contributed by atoms with Crippen LogP contribution >= 0.6 is 11.8 Å². The standard InChI is InChI=1S/C25H25N3O4S/c1-4-32-19-12-10-17(11-13-19)23-20(14-26)25(33-15-21(29)31-3)27-16(2)22(23)24(30)28-18-8-6-5-7-9-18/h5-13,23,27H,4,15H2,1-3H3,(H,28,30)/t23-/m1/s1. The lowest BCUT2D eigenvalue weighted by atomic mass is 9.82. The summed E-state index contributed by atoms with van der Waals surface area (Å²) in [5, 5.41) is 16.7. The molecule has 0 fully saturated rings. The highest BCUT2D eigenvalue weighted by Gasteiger charge is 2.35. The zero-order valence-electron chi connectivity index (χ0n) is 18.7. The van der Waals surface area contributed by atoms with Gasteiger partial charge in [0.25, 0.3) is 5.91 Å². The van der Waals surface area contributed by atoms with E-state index in [1.165, 1.54) is 18.9 Å². The van der Waals surface area contributed by atoms with Gasteiger partial charge in [-0.3, -0.25) is 9.59 Å². The van der Waals surface area contributed by atoms with Gasteiger partial charge in [-0.15, -0.1) is 0 Å². The van der Waals surface area contributed by atoms with Crippen LogP contribution < -0.4 is 15.4 Å². The van der Waals surface area contributed by atoms with Crippen LogP contribution in [0.5, 0.6) is 5.75 Å². The molecule has 3 rings (SSSR count). The molecule has 1 aliphatic rings. The van der Waals surface area contributed by atoms with Crippen molar-refractivity contribution in [2.75, 3.05) is 24.8 Å². The molecule has 0 spiro atoms. The first-order valence-corrected chi connectivity index (χ1v) is 11.4. The van der Waals surface area contributed by atoms with Crippen LogP contribution in [0.25, 0.3) is 0 Å². The molecule has 8 heteroatoms. The number of nitriles is 1. The molecule has 7 nitrogen and oxygen atoms in total. The lowest BCUT2D eigenvalue weighted by Gasteiger charge is -2.30. The summed E-state index contributed by atoms with van der Waals surface area (Å²) in [5.74, 6) is -0.586. The number of ether oxygens (including phenoxy) is 2. The summed E-state index contributed by atoms with van der Waals surface area (Å²) in [6.45, 7) is 4.22. The van der Waals surface area contributed by atoms with Gasteiger partial charge in [0, 0.05) is 17.0 Å². The van der Waals surface area contributed by atoms with E-state index >= 15 is 0 Å². The first kappa shape index (κ1) is 24.0. The largest absolute Gasteiger partial charge is 0.494 e. The number of amides is 1. The van der Waals surface area contributed by atoms with Crippen molar-refractivity contribution in [2.24, 2.45) is 0 Å². The fraction of sp³-hybridized carbons (Fsp3) is 0.240. The molecule has 0 saturated heterocycles. The molecule has 0 aliphatic carbocycles. The summed E-state index contributed by atoms with van der Waals surface area (Å²) in [6, 6.07) is 18.7. The summed E-state index contributed by atoms with van der Waals surface area (Å²) in [5.41, 5.74) is 2.82. The van der Waals surface area contributed by atoms with Crippen molar-refractivity contribution >= 4 is 29.3 Å². The van der Waals surface area contributed by atoms with Crippen LogP contribution in [0.15, 0.2) is 76.5 Å². The number of para-hydroxylation sites is 1. The smallest absolute Gasteiger partial charge is 0.316 e. The number of rotatable bonds is 8. The SMILES string of the molecule is CCOc1ccc([C@@H]2C(C#N)=C(SCC(=O)OC)NC(C)=C2C(=O)Nc2ccccc2)cc1. The van der Waals surface area contributed by atoms with Crippen LogP contribution in [0.1, 0.15) is 25.3 Å². The molecule has 33 heavy (non-hydrogen) atoms. The highest BCUT2D eigenvalue weighted by atomic mass is 32.2. The lowest BCUT2D eigenvalue weighted by molar-refractivity contribution is -0.137. The van der Waals surface area contributed by atoms with Gasteiger partial charge in [0.1, 0.15) is 5.75 Å². The lowest BCUT2D eigenvalue weighted by Crippen LogP contribution is -2.31. The van der Waals surface area contributed by atoms with Gasteiger partial charge in [-0.2, -0.15) is 5.26 Å². The van der Waals surface area contributed by atoms with Gasteiger partial charge in [-0.05, 0) is 43.7 Å². The molecular weight excluding hydrogens is 438 g/mol. The van der Waals surface area contributed by atoms with Crippen molar-refractivity contribution < 1.29 is 19.1 Å². The van der Waals surface area contributed by atoms with E-state index in [1.807, 2.05) is 49.4 Å². The normalized spacial score (nSPS) is 15.4. The highest BCUT2D eigenvalue weighted by Crippen LogP contribution is 2.41. The van der Waals surface area contributed by atoms with Crippen molar-refractivity contribution in [3.05, 3.63) is 82.0 Å². The van der Waals surface area contributed by atoms with Crippen LogP contribution in [-0.2, 0) is 14.3 Å². The average Bonchev–Trinajstić information content (AvgIpc) is 2.83. The van der Waals surface area contributed by atoms with Crippen molar-refractivity contribution in [3.63, 3.8) is 0 Å². The molecule has 2 aromatic rings. The Morgan fingerprint density at radius 3 is 2.45 bits per heavy atom. The number of methoxy groups -OCH3 is 1. The van der Waals surface area contributed by atoms with Crippen LogP contribution in [0, 0.1) is 11.3 Å². The van der Waals surface area contributed by atoms with E-state index in [0.29, 0.717) is 39.9 Å². The Kier molecular flexibility index (Phi) is 8.17. The van der Waals surface area contributed by atoms with E-state index in [0.717, 1.165) is 5.56 Å². The van der Waals surface area contributed by atoms with E-state index in [2.05, 4.69) is 16.7 Å². The number of carbonyl (C=O) groups is 2. The zero-order chi connectivity index (χ0) is 23.8. The number of hydrogen-bond donors (Lipinski definition) is 2. The van der Waals surface area contributed by atoms with Gasteiger partial charge in [0.2, 0.25) is 0 Å². The topological polar surface area (TPSA) is 100 Å². The van der Waals surface area contributed by atoms with Crippen LogP contribution in [0.2, 0.25) is 0 Å². The van der Waals surface area contributed by atoms with E-state index in [4.69, 9.17) is 9.47 Å². The maximum Gasteiger partial charge on any atom is 0.316 e. The second kappa shape index (κ2) is 11.2. The molecule has 0 aromatic heterocycles. The third-order valence-electron chi connectivity index (χ3n) is 5.01. The molecule has 2 N–H and O–H groups in total. The van der Waals surface area contributed by atoms with Crippen molar-refractivity contribution in [1.29, 1.82) is 5.26 Å². The molecule has 0 saturated carbocycles. The fourth-order valence-corrected chi connectivity index (χ4v) is 4.42. The molecule has 0 radical (unpaired) electrons. The van der Waals surface area contributed by atoms with Gasteiger partial charge in [0.15, 0.2) is 0 Å². The predicted octanol–water partition coefficient (Wildman–Crippen LogP) is 4.33. The maximum absolute atomic E-state index is 13.4. The zero-order valence-corrected chi connectivity index (χ0v) is 19.5. The third-order valence-corrected chi connectivity index (χ3v) is 6.00. The number of thioether (sulfide) groups is 1. The van der Waals surface area contributed by atoms with Crippen molar-refractivity contribution in [1.82, 2.24) is 5.32 Å². The molecule has 0 bridgehead atoms. The van der Waals surface area contributed by atoms with Gasteiger partial charge < -0.3 is 20.1 Å². The van der Waals surface area contributed by atoms with Crippen LogP contribution in [-0.4, -0.2) is 31.3 Å². The summed E-state index contributed by atoms with van der Waals surface area (Å²) in [6.07, 6.45) is 0. The van der Waals surface area contributed by atoms with E-state index in [9.17, 15) is 14.9 Å². The Labute approximate surface area is 197 Å². The molecule has 1 amide bonds. The number of anilines is 1. The minimum Gasteiger partial charge on any atom is -0.494 e. The second-order valence-corrected chi connectivity index (χ2v) is 8.12. The molecule has 2 aromatic carbocycles. The van der Waals surface area contributed by atoms with Crippen LogP contribution in [0.3, 0.4) is 0 Å². The number of benzene rings is 2. The number of dihydropyridines is 1. The minimum atomic E-state index is -0.615. The van der Waals surface area contributed by atoms with E-state index in [1.54, 1.807) is 19.1 Å². The molecular formula is C25H25N3O4S. The number of hydrogen-bond acceptors (Lipinski definition) is 7. The summed E-state index contributed by atoms with van der Waals surface area (Å²) < 4.78 is 10.3. The van der Waals surface area contributed by atoms with Gasteiger partial charge in [-0.25, -0.2) is 0 Å². The number of carbonyl (C=O) groups excluding carboxylic acids is 2. The first-order chi connectivity index (χ1) is 16.0. The van der Waals surface area contributed by atoms with Gasteiger partial charge in [0.05, 0.1) is 42.1 Å². The van der Waals surface area contributed by atoms with E-state index in [-0.39, 0.29) is 11.7 Å². The molecule has 1 atom stereocenters. The number of allylic oxidation sites excluding steroid dienone is 2. The Balaban J connectivity index is 2.03. The second-order valence-electron chi connectivity index (χ2n) is 7.14. The Morgan fingerprint density at radius 2 is 1.85 bits per heavy atom. The molecule has 1 heterocycles. The third kappa shape index (κ3) is 5.76. The number of esters is 1.